The van der Waals surface area contributed by atoms with E-state index in [0.717, 1.165) is 12.8 Å². The number of rotatable bonds is 4. The van der Waals surface area contributed by atoms with Gasteiger partial charge in [0.05, 0.1) is 5.69 Å². The van der Waals surface area contributed by atoms with Crippen molar-refractivity contribution in [3.8, 4) is 5.69 Å². The zero-order chi connectivity index (χ0) is 18.0. The van der Waals surface area contributed by atoms with Crippen molar-refractivity contribution in [2.24, 2.45) is 17.6 Å². The van der Waals surface area contributed by atoms with Crippen molar-refractivity contribution >= 4 is 11.8 Å². The maximum absolute atomic E-state index is 12.6. The summed E-state index contributed by atoms with van der Waals surface area (Å²) in [4.78, 5) is 24.4. The monoisotopic (exact) mass is 340 g/mol. The van der Waals surface area contributed by atoms with E-state index >= 15 is 0 Å². The number of primary amides is 1. The van der Waals surface area contributed by atoms with Crippen LogP contribution in [0.15, 0.2) is 36.4 Å². The van der Waals surface area contributed by atoms with Gasteiger partial charge in [-0.15, -0.1) is 0 Å². The highest BCUT2D eigenvalue weighted by Gasteiger charge is 2.29. The Morgan fingerprint density at radius 3 is 2.60 bits per heavy atom. The van der Waals surface area contributed by atoms with Gasteiger partial charge in [0.15, 0.2) is 5.69 Å². The van der Waals surface area contributed by atoms with E-state index in [-0.39, 0.29) is 23.3 Å². The van der Waals surface area contributed by atoms with Crippen molar-refractivity contribution < 1.29 is 9.59 Å². The highest BCUT2D eigenvalue weighted by atomic mass is 16.2. The Morgan fingerprint density at radius 1 is 1.20 bits per heavy atom. The smallest absolute Gasteiger partial charge is 0.272 e. The van der Waals surface area contributed by atoms with Crippen LogP contribution in [0.2, 0.25) is 0 Å². The fraction of sp³-hybridized carbons (Fsp3) is 0.421. The number of aromatic nitrogens is 2. The topological polar surface area (TPSA) is 90.0 Å². The molecule has 1 aromatic carbocycles. The van der Waals surface area contributed by atoms with Gasteiger partial charge in [-0.1, -0.05) is 44.9 Å². The largest absolute Gasteiger partial charge is 0.364 e. The SMILES string of the molecule is CC1CCCC(NC(=O)c2cc(C(N)=O)n(-c3ccccc3)n2)C1C. The lowest BCUT2D eigenvalue weighted by Gasteiger charge is -2.34. The normalized spacial score (nSPS) is 23.2. The molecule has 25 heavy (non-hydrogen) atoms. The Balaban J connectivity index is 1.85. The fourth-order valence-electron chi connectivity index (χ4n) is 3.46. The third-order valence-electron chi connectivity index (χ3n) is 5.22. The molecule has 1 aliphatic rings. The summed E-state index contributed by atoms with van der Waals surface area (Å²) in [5.74, 6) is 0.129. The molecular formula is C19H24N4O2. The first kappa shape index (κ1) is 17.2. The van der Waals surface area contributed by atoms with Crippen LogP contribution < -0.4 is 11.1 Å². The molecule has 1 fully saturated rings. The van der Waals surface area contributed by atoms with Gasteiger partial charge in [0.2, 0.25) is 0 Å². The molecule has 1 aliphatic carbocycles. The second kappa shape index (κ2) is 7.09. The summed E-state index contributed by atoms with van der Waals surface area (Å²) in [5.41, 5.74) is 6.56. The van der Waals surface area contributed by atoms with Crippen LogP contribution in [-0.2, 0) is 0 Å². The average Bonchev–Trinajstić information content (AvgIpc) is 3.05. The summed E-state index contributed by atoms with van der Waals surface area (Å²) in [6, 6.07) is 10.8. The third-order valence-corrected chi connectivity index (χ3v) is 5.22. The first-order valence-electron chi connectivity index (χ1n) is 8.73. The molecule has 0 aliphatic heterocycles. The lowest BCUT2D eigenvalue weighted by Crippen LogP contribution is -2.43. The lowest BCUT2D eigenvalue weighted by atomic mass is 9.78. The Labute approximate surface area is 147 Å². The quantitative estimate of drug-likeness (QED) is 0.896. The van der Waals surface area contributed by atoms with Crippen LogP contribution in [0.4, 0.5) is 0 Å². The van der Waals surface area contributed by atoms with Crippen molar-refractivity contribution in [2.75, 3.05) is 0 Å². The second-order valence-electron chi connectivity index (χ2n) is 6.87. The van der Waals surface area contributed by atoms with Crippen LogP contribution in [0.1, 0.15) is 54.1 Å². The molecule has 132 valence electrons. The van der Waals surface area contributed by atoms with Crippen LogP contribution in [0.3, 0.4) is 0 Å². The summed E-state index contributed by atoms with van der Waals surface area (Å²) in [7, 11) is 0. The summed E-state index contributed by atoms with van der Waals surface area (Å²) in [5, 5.41) is 7.39. The molecule has 0 radical (unpaired) electrons. The number of benzene rings is 1. The highest BCUT2D eigenvalue weighted by molar-refractivity contribution is 5.97. The van der Waals surface area contributed by atoms with Gasteiger partial charge in [-0.05, 0) is 30.4 Å². The number of amides is 2. The first-order chi connectivity index (χ1) is 12.0. The Hall–Kier alpha value is -2.63. The van der Waals surface area contributed by atoms with Gasteiger partial charge < -0.3 is 11.1 Å². The fourth-order valence-corrected chi connectivity index (χ4v) is 3.46. The Bertz CT molecular complexity index is 769. The molecule has 0 saturated heterocycles. The number of nitrogens with two attached hydrogens (primary N) is 1. The zero-order valence-corrected chi connectivity index (χ0v) is 14.6. The zero-order valence-electron chi connectivity index (χ0n) is 14.6. The minimum Gasteiger partial charge on any atom is -0.364 e. The highest BCUT2D eigenvalue weighted by Crippen LogP contribution is 2.29. The van der Waals surface area contributed by atoms with E-state index in [0.29, 0.717) is 17.5 Å². The molecule has 0 bridgehead atoms. The van der Waals surface area contributed by atoms with Gasteiger partial charge in [0.25, 0.3) is 11.8 Å². The van der Waals surface area contributed by atoms with Gasteiger partial charge in [0.1, 0.15) is 5.69 Å². The number of hydrogen-bond acceptors (Lipinski definition) is 3. The molecule has 3 unspecified atom stereocenters. The van der Waals surface area contributed by atoms with Crippen LogP contribution >= 0.6 is 0 Å². The Kier molecular flexibility index (Phi) is 4.88. The maximum Gasteiger partial charge on any atom is 0.272 e. The van der Waals surface area contributed by atoms with E-state index in [1.54, 1.807) is 0 Å². The summed E-state index contributed by atoms with van der Waals surface area (Å²) >= 11 is 0. The number of nitrogens with one attached hydrogen (secondary N) is 1. The molecule has 3 N–H and O–H groups in total. The molecular weight excluding hydrogens is 316 g/mol. The van der Waals surface area contributed by atoms with Crippen molar-refractivity contribution in [2.45, 2.75) is 39.2 Å². The summed E-state index contributed by atoms with van der Waals surface area (Å²) in [6.07, 6.45) is 3.28. The van der Waals surface area contributed by atoms with Crippen LogP contribution in [-0.4, -0.2) is 27.6 Å². The Morgan fingerprint density at radius 2 is 1.92 bits per heavy atom. The standard InChI is InChI=1S/C19H24N4O2/c1-12-7-6-10-15(13(12)2)21-19(25)16-11-17(18(20)24)23(22-16)14-8-4-3-5-9-14/h3-5,8-9,11-13,15H,6-7,10H2,1-2H3,(H2,20,24)(H,21,25). The minimum atomic E-state index is -0.616. The first-order valence-corrected chi connectivity index (χ1v) is 8.73. The van der Waals surface area contributed by atoms with Crippen molar-refractivity contribution in [1.82, 2.24) is 15.1 Å². The van der Waals surface area contributed by atoms with E-state index in [4.69, 9.17) is 5.73 Å². The second-order valence-corrected chi connectivity index (χ2v) is 6.87. The van der Waals surface area contributed by atoms with Crippen molar-refractivity contribution in [3.05, 3.63) is 47.8 Å². The molecule has 2 aromatic rings. The maximum atomic E-state index is 12.6. The van der Waals surface area contributed by atoms with E-state index < -0.39 is 5.91 Å². The van der Waals surface area contributed by atoms with E-state index in [1.165, 1.54) is 17.2 Å². The van der Waals surface area contributed by atoms with Crippen LogP contribution in [0.5, 0.6) is 0 Å². The van der Waals surface area contributed by atoms with E-state index in [1.807, 2.05) is 30.3 Å². The summed E-state index contributed by atoms with van der Waals surface area (Å²) in [6.45, 7) is 4.39. The summed E-state index contributed by atoms with van der Waals surface area (Å²) < 4.78 is 1.42. The molecule has 3 rings (SSSR count). The molecule has 6 nitrogen and oxygen atoms in total. The number of nitrogens with zero attached hydrogens (tertiary/aromatic N) is 2. The molecule has 6 heteroatoms. The van der Waals surface area contributed by atoms with Gasteiger partial charge in [-0.3, -0.25) is 9.59 Å². The number of hydrogen-bond donors (Lipinski definition) is 2. The van der Waals surface area contributed by atoms with Crippen LogP contribution in [0, 0.1) is 11.8 Å². The molecule has 1 saturated carbocycles. The third kappa shape index (κ3) is 3.57. The van der Waals surface area contributed by atoms with Gasteiger partial charge >= 0.3 is 0 Å². The number of para-hydroxylation sites is 1. The van der Waals surface area contributed by atoms with Gasteiger partial charge in [-0.25, -0.2) is 4.68 Å². The van der Waals surface area contributed by atoms with Crippen molar-refractivity contribution in [1.29, 1.82) is 0 Å². The molecule has 1 aromatic heterocycles. The van der Waals surface area contributed by atoms with Gasteiger partial charge in [-0.2, -0.15) is 5.10 Å². The van der Waals surface area contributed by atoms with E-state index in [2.05, 4.69) is 24.3 Å². The molecule has 3 atom stereocenters. The predicted octanol–water partition coefficient (Wildman–Crippen LogP) is 2.53. The minimum absolute atomic E-state index is 0.134. The van der Waals surface area contributed by atoms with Gasteiger partial charge in [0, 0.05) is 12.1 Å². The van der Waals surface area contributed by atoms with Crippen LogP contribution in [0.25, 0.3) is 5.69 Å². The van der Waals surface area contributed by atoms with E-state index in [9.17, 15) is 9.59 Å². The average molecular weight is 340 g/mol. The predicted molar refractivity (Wildman–Crippen MR) is 95.5 cm³/mol. The van der Waals surface area contributed by atoms with Crippen molar-refractivity contribution in [3.63, 3.8) is 0 Å². The molecule has 0 spiro atoms. The molecule has 2 amide bonds. The number of carbonyl (C=O) groups excluding carboxylic acids is 2. The number of carbonyl (C=O) groups is 2. The lowest BCUT2D eigenvalue weighted by molar-refractivity contribution is 0.0885. The molecule has 1 heterocycles.